The van der Waals surface area contributed by atoms with E-state index in [2.05, 4.69) is 22.2 Å². The molecular weight excluding hydrogens is 232 g/mol. The third kappa shape index (κ3) is 4.95. The summed E-state index contributed by atoms with van der Waals surface area (Å²) in [6.45, 7) is 5.60. The third-order valence-electron chi connectivity index (χ3n) is 2.49. The van der Waals surface area contributed by atoms with Gasteiger partial charge in [-0.2, -0.15) is 0 Å². The minimum atomic E-state index is 0.0756. The predicted molar refractivity (Wildman–Crippen MR) is 70.6 cm³/mol. The summed E-state index contributed by atoms with van der Waals surface area (Å²) < 4.78 is 5.03. The standard InChI is InChI=1S/C12H22N4O2/c1-3-13-8-11-9-14-12(15-10-11)16(4-6-17)5-7-18-2/h9-10,13,17H,3-8H2,1-2H3. The lowest BCUT2D eigenvalue weighted by atomic mass is 10.3. The number of hydrogen-bond acceptors (Lipinski definition) is 6. The summed E-state index contributed by atoms with van der Waals surface area (Å²) in [5.74, 6) is 0.626. The van der Waals surface area contributed by atoms with E-state index in [1.807, 2.05) is 17.3 Å². The summed E-state index contributed by atoms with van der Waals surface area (Å²) in [6.07, 6.45) is 3.62. The highest BCUT2D eigenvalue weighted by atomic mass is 16.5. The zero-order valence-electron chi connectivity index (χ0n) is 11.1. The summed E-state index contributed by atoms with van der Waals surface area (Å²) in [4.78, 5) is 10.5. The summed E-state index contributed by atoms with van der Waals surface area (Å²) in [5, 5.41) is 12.2. The van der Waals surface area contributed by atoms with E-state index in [-0.39, 0.29) is 6.61 Å². The molecule has 0 aromatic carbocycles. The second-order valence-electron chi connectivity index (χ2n) is 3.88. The third-order valence-corrected chi connectivity index (χ3v) is 2.49. The van der Waals surface area contributed by atoms with Crippen molar-refractivity contribution in [1.29, 1.82) is 0 Å². The van der Waals surface area contributed by atoms with Crippen LogP contribution in [0, 0.1) is 0 Å². The van der Waals surface area contributed by atoms with E-state index in [1.54, 1.807) is 7.11 Å². The smallest absolute Gasteiger partial charge is 0.225 e. The number of hydrogen-bond donors (Lipinski definition) is 2. The van der Waals surface area contributed by atoms with Gasteiger partial charge in [0, 0.05) is 44.7 Å². The molecule has 0 saturated heterocycles. The molecule has 2 N–H and O–H groups in total. The molecule has 0 aliphatic carbocycles. The Morgan fingerprint density at radius 3 is 2.61 bits per heavy atom. The van der Waals surface area contributed by atoms with Gasteiger partial charge in [-0.05, 0) is 6.54 Å². The lowest BCUT2D eigenvalue weighted by Gasteiger charge is -2.21. The van der Waals surface area contributed by atoms with E-state index in [0.717, 1.165) is 18.7 Å². The van der Waals surface area contributed by atoms with Crippen LogP contribution in [0.3, 0.4) is 0 Å². The number of aliphatic hydroxyl groups is 1. The maximum atomic E-state index is 9.02. The van der Waals surface area contributed by atoms with Crippen molar-refractivity contribution in [3.05, 3.63) is 18.0 Å². The average Bonchev–Trinajstić information content (AvgIpc) is 2.42. The van der Waals surface area contributed by atoms with Gasteiger partial charge in [0.05, 0.1) is 13.2 Å². The van der Waals surface area contributed by atoms with Crippen molar-refractivity contribution in [2.24, 2.45) is 0 Å². The topological polar surface area (TPSA) is 70.5 Å². The normalized spacial score (nSPS) is 10.6. The molecule has 0 unspecified atom stereocenters. The maximum absolute atomic E-state index is 9.02. The van der Waals surface area contributed by atoms with Crippen LogP contribution in [0.1, 0.15) is 12.5 Å². The first kappa shape index (κ1) is 14.8. The molecule has 0 amide bonds. The monoisotopic (exact) mass is 254 g/mol. The molecule has 18 heavy (non-hydrogen) atoms. The van der Waals surface area contributed by atoms with Gasteiger partial charge < -0.3 is 20.1 Å². The molecule has 102 valence electrons. The molecule has 0 saturated carbocycles. The Hall–Kier alpha value is -1.24. The number of rotatable bonds is 9. The van der Waals surface area contributed by atoms with E-state index < -0.39 is 0 Å². The number of aromatic nitrogens is 2. The fourth-order valence-electron chi connectivity index (χ4n) is 1.51. The highest BCUT2D eigenvalue weighted by Crippen LogP contribution is 2.06. The van der Waals surface area contributed by atoms with E-state index in [1.165, 1.54) is 0 Å². The predicted octanol–water partition coefficient (Wildman–Crippen LogP) is 0.0312. The zero-order valence-corrected chi connectivity index (χ0v) is 11.1. The molecule has 6 nitrogen and oxygen atoms in total. The quantitative estimate of drug-likeness (QED) is 0.648. The molecule has 1 aromatic heterocycles. The van der Waals surface area contributed by atoms with E-state index in [4.69, 9.17) is 9.84 Å². The molecule has 0 fully saturated rings. The van der Waals surface area contributed by atoms with Crippen molar-refractivity contribution in [2.75, 3.05) is 44.9 Å². The molecule has 0 aliphatic heterocycles. The SMILES string of the molecule is CCNCc1cnc(N(CCO)CCOC)nc1. The van der Waals surface area contributed by atoms with Crippen LogP contribution in [0.15, 0.2) is 12.4 Å². The van der Waals surface area contributed by atoms with Crippen LogP contribution in [-0.4, -0.2) is 55.0 Å². The van der Waals surface area contributed by atoms with Crippen molar-refractivity contribution in [3.63, 3.8) is 0 Å². The number of nitrogens with zero attached hydrogens (tertiary/aromatic N) is 3. The maximum Gasteiger partial charge on any atom is 0.225 e. The lowest BCUT2D eigenvalue weighted by molar-refractivity contribution is 0.202. The van der Waals surface area contributed by atoms with Crippen LogP contribution in [0.25, 0.3) is 0 Å². The Morgan fingerprint density at radius 1 is 1.33 bits per heavy atom. The van der Waals surface area contributed by atoms with Gasteiger partial charge in [0.15, 0.2) is 0 Å². The van der Waals surface area contributed by atoms with Crippen LogP contribution in [0.2, 0.25) is 0 Å². The highest BCUT2D eigenvalue weighted by molar-refractivity contribution is 5.29. The Kier molecular flexibility index (Phi) is 7.24. The van der Waals surface area contributed by atoms with Crippen molar-refractivity contribution >= 4 is 5.95 Å². The molecule has 1 heterocycles. The Bertz CT molecular complexity index is 318. The van der Waals surface area contributed by atoms with Crippen molar-refractivity contribution < 1.29 is 9.84 Å². The number of ether oxygens (including phenoxy) is 1. The zero-order chi connectivity index (χ0) is 13.2. The molecule has 1 aromatic rings. The molecule has 0 spiro atoms. The first-order chi connectivity index (χ1) is 8.81. The van der Waals surface area contributed by atoms with Gasteiger partial charge in [0.25, 0.3) is 0 Å². The first-order valence-corrected chi connectivity index (χ1v) is 6.18. The molecule has 0 aliphatic rings. The number of aliphatic hydroxyl groups excluding tert-OH is 1. The van der Waals surface area contributed by atoms with Crippen molar-refractivity contribution in [3.8, 4) is 0 Å². The summed E-state index contributed by atoms with van der Waals surface area (Å²) in [7, 11) is 1.65. The molecule has 0 atom stereocenters. The Labute approximate surface area is 108 Å². The van der Waals surface area contributed by atoms with Gasteiger partial charge in [0.1, 0.15) is 0 Å². The first-order valence-electron chi connectivity index (χ1n) is 6.18. The van der Waals surface area contributed by atoms with Gasteiger partial charge in [-0.3, -0.25) is 0 Å². The van der Waals surface area contributed by atoms with Crippen LogP contribution >= 0.6 is 0 Å². The summed E-state index contributed by atoms with van der Waals surface area (Å²) >= 11 is 0. The molecular formula is C12H22N4O2. The largest absolute Gasteiger partial charge is 0.395 e. The highest BCUT2D eigenvalue weighted by Gasteiger charge is 2.08. The average molecular weight is 254 g/mol. The summed E-state index contributed by atoms with van der Waals surface area (Å²) in [6, 6.07) is 0. The van der Waals surface area contributed by atoms with Crippen LogP contribution in [-0.2, 0) is 11.3 Å². The van der Waals surface area contributed by atoms with Gasteiger partial charge >= 0.3 is 0 Å². The minimum Gasteiger partial charge on any atom is -0.395 e. The lowest BCUT2D eigenvalue weighted by Crippen LogP contribution is -2.31. The van der Waals surface area contributed by atoms with E-state index in [9.17, 15) is 0 Å². The molecule has 0 radical (unpaired) electrons. The number of methoxy groups -OCH3 is 1. The molecule has 0 bridgehead atoms. The number of nitrogens with one attached hydrogen (secondary N) is 1. The van der Waals surface area contributed by atoms with Gasteiger partial charge in [-0.15, -0.1) is 0 Å². The number of anilines is 1. The fourth-order valence-corrected chi connectivity index (χ4v) is 1.51. The minimum absolute atomic E-state index is 0.0756. The van der Waals surface area contributed by atoms with E-state index in [0.29, 0.717) is 25.6 Å². The van der Waals surface area contributed by atoms with Crippen LogP contribution in [0.4, 0.5) is 5.95 Å². The Balaban J connectivity index is 2.61. The van der Waals surface area contributed by atoms with Gasteiger partial charge in [-0.25, -0.2) is 9.97 Å². The summed E-state index contributed by atoms with van der Waals surface area (Å²) in [5.41, 5.74) is 1.05. The van der Waals surface area contributed by atoms with Crippen LogP contribution in [0.5, 0.6) is 0 Å². The van der Waals surface area contributed by atoms with Gasteiger partial charge in [0.2, 0.25) is 5.95 Å². The second-order valence-corrected chi connectivity index (χ2v) is 3.88. The van der Waals surface area contributed by atoms with Crippen molar-refractivity contribution in [2.45, 2.75) is 13.5 Å². The molecule has 1 rings (SSSR count). The second kappa shape index (κ2) is 8.79. The van der Waals surface area contributed by atoms with E-state index >= 15 is 0 Å². The fraction of sp³-hybridized carbons (Fsp3) is 0.667. The van der Waals surface area contributed by atoms with Crippen LogP contribution < -0.4 is 10.2 Å². The molecule has 6 heteroatoms. The Morgan fingerprint density at radius 2 is 2.06 bits per heavy atom. The van der Waals surface area contributed by atoms with Gasteiger partial charge in [-0.1, -0.05) is 6.92 Å². The van der Waals surface area contributed by atoms with Crippen molar-refractivity contribution in [1.82, 2.24) is 15.3 Å².